The van der Waals surface area contributed by atoms with Gasteiger partial charge in [-0.25, -0.2) is 4.79 Å². The Kier molecular flexibility index (Phi) is 5.37. The van der Waals surface area contributed by atoms with Crippen molar-refractivity contribution in [3.63, 3.8) is 0 Å². The lowest BCUT2D eigenvalue weighted by Crippen LogP contribution is -1.98. The zero-order chi connectivity index (χ0) is 15.9. The normalized spacial score (nSPS) is 10.8. The minimum absolute atomic E-state index is 0.498. The number of aryl methyl sites for hydroxylation is 1. The van der Waals surface area contributed by atoms with Crippen molar-refractivity contribution >= 4 is 12.0 Å². The van der Waals surface area contributed by atoms with Gasteiger partial charge in [-0.1, -0.05) is 35.9 Å². The van der Waals surface area contributed by atoms with Gasteiger partial charge in [0, 0.05) is 6.08 Å². The van der Waals surface area contributed by atoms with E-state index < -0.39 is 5.97 Å². The third kappa shape index (κ3) is 4.48. The van der Waals surface area contributed by atoms with Gasteiger partial charge in [-0.3, -0.25) is 0 Å². The van der Waals surface area contributed by atoms with E-state index in [0.29, 0.717) is 13.0 Å². The molecule has 1 radical (unpaired) electrons. The van der Waals surface area contributed by atoms with Crippen LogP contribution in [0.1, 0.15) is 22.3 Å². The van der Waals surface area contributed by atoms with Gasteiger partial charge in [0.2, 0.25) is 0 Å². The molecule has 0 unspecified atom stereocenters. The van der Waals surface area contributed by atoms with Crippen LogP contribution in [0, 0.1) is 13.8 Å². The van der Waals surface area contributed by atoms with Crippen LogP contribution < -0.4 is 4.74 Å². The van der Waals surface area contributed by atoms with Gasteiger partial charge in [-0.15, -0.1) is 0 Å². The Morgan fingerprint density at radius 1 is 1.23 bits per heavy atom. The Morgan fingerprint density at radius 3 is 2.59 bits per heavy atom. The topological polar surface area (TPSA) is 46.5 Å². The molecule has 113 valence electrons. The zero-order valence-corrected chi connectivity index (χ0v) is 12.6. The lowest BCUT2D eigenvalue weighted by atomic mass is 10.1. The molecule has 0 aromatic heterocycles. The summed E-state index contributed by atoms with van der Waals surface area (Å²) in [5.74, 6) is -0.182. The highest BCUT2D eigenvalue weighted by Crippen LogP contribution is 2.22. The van der Waals surface area contributed by atoms with Crippen molar-refractivity contribution in [2.75, 3.05) is 0 Å². The van der Waals surface area contributed by atoms with Crippen molar-refractivity contribution in [3.05, 3.63) is 77.7 Å². The highest BCUT2D eigenvalue weighted by Gasteiger charge is 2.04. The van der Waals surface area contributed by atoms with Crippen molar-refractivity contribution in [2.45, 2.75) is 20.0 Å². The van der Waals surface area contributed by atoms with Crippen LogP contribution >= 0.6 is 0 Å². The molecule has 0 spiro atoms. The molecule has 0 atom stereocenters. The van der Waals surface area contributed by atoms with E-state index in [1.165, 1.54) is 5.56 Å². The maximum Gasteiger partial charge on any atom is 0.328 e. The summed E-state index contributed by atoms with van der Waals surface area (Å²) in [4.78, 5) is 10.6. The summed E-state index contributed by atoms with van der Waals surface area (Å²) in [7, 11) is 0. The van der Waals surface area contributed by atoms with Crippen molar-refractivity contribution in [2.24, 2.45) is 0 Å². The molecule has 0 aliphatic carbocycles. The first-order chi connectivity index (χ1) is 10.6. The number of aliphatic carboxylic acids is 1. The first kappa shape index (κ1) is 15.8. The quantitative estimate of drug-likeness (QED) is 0.818. The fraction of sp³-hybridized carbons (Fsp3) is 0.158. The monoisotopic (exact) mass is 295 g/mol. The molecule has 22 heavy (non-hydrogen) atoms. The van der Waals surface area contributed by atoms with E-state index in [-0.39, 0.29) is 0 Å². The predicted molar refractivity (Wildman–Crippen MR) is 87.7 cm³/mol. The summed E-state index contributed by atoms with van der Waals surface area (Å²) in [6.07, 6.45) is 3.26. The van der Waals surface area contributed by atoms with Crippen LogP contribution in [-0.4, -0.2) is 11.1 Å². The Labute approximate surface area is 130 Å². The average Bonchev–Trinajstić information content (AvgIpc) is 2.52. The third-order valence-electron chi connectivity index (χ3n) is 3.29. The number of carboxylic acids is 1. The summed E-state index contributed by atoms with van der Waals surface area (Å²) >= 11 is 0. The van der Waals surface area contributed by atoms with Crippen molar-refractivity contribution in [1.82, 2.24) is 0 Å². The SMILES string of the molecule is [CH2]Cc1cc(/C=C/C(=O)O)ccc1OCc1ccc(C)cc1. The first-order valence-corrected chi connectivity index (χ1v) is 7.10. The molecule has 1 N–H and O–H groups in total. The smallest absolute Gasteiger partial charge is 0.328 e. The molecule has 0 saturated heterocycles. The lowest BCUT2D eigenvalue weighted by molar-refractivity contribution is -0.131. The van der Waals surface area contributed by atoms with Gasteiger partial charge < -0.3 is 9.84 Å². The van der Waals surface area contributed by atoms with E-state index >= 15 is 0 Å². The zero-order valence-electron chi connectivity index (χ0n) is 12.6. The van der Waals surface area contributed by atoms with Gasteiger partial charge >= 0.3 is 5.97 Å². The summed E-state index contributed by atoms with van der Waals surface area (Å²) in [5, 5.41) is 8.66. The number of hydrogen-bond acceptors (Lipinski definition) is 2. The maximum atomic E-state index is 10.6. The fourth-order valence-electron chi connectivity index (χ4n) is 2.05. The van der Waals surface area contributed by atoms with Crippen LogP contribution in [0.5, 0.6) is 5.75 Å². The van der Waals surface area contributed by atoms with Gasteiger partial charge in [0.15, 0.2) is 0 Å². The van der Waals surface area contributed by atoms with Crippen molar-refractivity contribution in [3.8, 4) is 5.75 Å². The molecular formula is C19H19O3. The van der Waals surface area contributed by atoms with E-state index in [2.05, 4.69) is 26.0 Å². The maximum absolute atomic E-state index is 10.6. The third-order valence-corrected chi connectivity index (χ3v) is 3.29. The van der Waals surface area contributed by atoms with Gasteiger partial charge in [-0.05, 0) is 55.2 Å². The molecule has 2 aromatic carbocycles. The largest absolute Gasteiger partial charge is 0.489 e. The number of carbonyl (C=O) groups is 1. The van der Waals surface area contributed by atoms with Crippen LogP contribution in [0.2, 0.25) is 0 Å². The van der Waals surface area contributed by atoms with E-state index in [9.17, 15) is 4.79 Å². The minimum Gasteiger partial charge on any atom is -0.489 e. The van der Waals surface area contributed by atoms with Crippen LogP contribution in [0.4, 0.5) is 0 Å². The molecule has 0 saturated carbocycles. The Hall–Kier alpha value is -2.55. The molecule has 0 heterocycles. The molecule has 0 fully saturated rings. The lowest BCUT2D eigenvalue weighted by Gasteiger charge is -2.11. The summed E-state index contributed by atoms with van der Waals surface area (Å²) < 4.78 is 5.85. The van der Waals surface area contributed by atoms with E-state index in [1.54, 1.807) is 6.08 Å². The number of ether oxygens (including phenoxy) is 1. The molecule has 2 aromatic rings. The van der Waals surface area contributed by atoms with Crippen LogP contribution in [0.15, 0.2) is 48.5 Å². The second-order valence-corrected chi connectivity index (χ2v) is 5.06. The summed E-state index contributed by atoms with van der Waals surface area (Å²) in [6, 6.07) is 13.8. The second kappa shape index (κ2) is 7.46. The molecule has 3 heteroatoms. The van der Waals surface area contributed by atoms with Crippen LogP contribution in [0.3, 0.4) is 0 Å². The highest BCUT2D eigenvalue weighted by atomic mass is 16.5. The van der Waals surface area contributed by atoms with E-state index in [4.69, 9.17) is 9.84 Å². The second-order valence-electron chi connectivity index (χ2n) is 5.06. The number of benzene rings is 2. The summed E-state index contributed by atoms with van der Waals surface area (Å²) in [6.45, 7) is 6.45. The van der Waals surface area contributed by atoms with E-state index in [0.717, 1.165) is 28.5 Å². The standard InChI is InChI=1S/C19H19O3/c1-3-17-12-15(9-11-19(20)21)8-10-18(17)22-13-16-6-4-14(2)5-7-16/h4-12H,1,3,13H2,2H3,(H,20,21)/b11-9+. The molecule has 0 amide bonds. The molecule has 2 rings (SSSR count). The number of hydrogen-bond donors (Lipinski definition) is 1. The molecule has 0 aliphatic rings. The van der Waals surface area contributed by atoms with Crippen LogP contribution in [-0.2, 0) is 17.8 Å². The number of carboxylic acid groups (broad SMARTS) is 1. The predicted octanol–water partition coefficient (Wildman–Crippen LogP) is 4.05. The molecule has 0 aliphatic heterocycles. The summed E-state index contributed by atoms with van der Waals surface area (Å²) in [5.41, 5.74) is 4.11. The van der Waals surface area contributed by atoms with Crippen molar-refractivity contribution < 1.29 is 14.6 Å². The average molecular weight is 295 g/mol. The van der Waals surface area contributed by atoms with Crippen LogP contribution in [0.25, 0.3) is 6.08 Å². The van der Waals surface area contributed by atoms with Gasteiger partial charge in [0.1, 0.15) is 12.4 Å². The Balaban J connectivity index is 2.10. The minimum atomic E-state index is -0.962. The Bertz CT molecular complexity index is 670. The highest BCUT2D eigenvalue weighted by molar-refractivity contribution is 5.85. The first-order valence-electron chi connectivity index (χ1n) is 7.10. The van der Waals surface area contributed by atoms with Crippen molar-refractivity contribution in [1.29, 1.82) is 0 Å². The molecule has 3 nitrogen and oxygen atoms in total. The number of rotatable bonds is 6. The van der Waals surface area contributed by atoms with Gasteiger partial charge in [0.25, 0.3) is 0 Å². The Morgan fingerprint density at radius 2 is 1.95 bits per heavy atom. The molecular weight excluding hydrogens is 276 g/mol. The van der Waals surface area contributed by atoms with E-state index in [1.807, 2.05) is 30.3 Å². The van der Waals surface area contributed by atoms with Gasteiger partial charge in [-0.2, -0.15) is 0 Å². The fourth-order valence-corrected chi connectivity index (χ4v) is 2.05. The van der Waals surface area contributed by atoms with Gasteiger partial charge in [0.05, 0.1) is 0 Å². The molecule has 0 bridgehead atoms.